The van der Waals surface area contributed by atoms with Gasteiger partial charge in [-0.05, 0) is 51.4 Å². The molecule has 0 aliphatic rings. The lowest BCUT2D eigenvalue weighted by molar-refractivity contribution is -0.163. The third kappa shape index (κ3) is 53.0. The van der Waals surface area contributed by atoms with Gasteiger partial charge >= 0.3 is 11.9 Å². The van der Waals surface area contributed by atoms with Crippen LogP contribution in [0.3, 0.4) is 0 Å². The number of ether oxygens (including phenoxy) is 3. The second-order valence-corrected chi connectivity index (χ2v) is 19.6. The van der Waals surface area contributed by atoms with Crippen LogP contribution in [0.4, 0.5) is 0 Å². The van der Waals surface area contributed by atoms with Crippen LogP contribution in [-0.2, 0) is 23.8 Å². The van der Waals surface area contributed by atoms with E-state index in [1.165, 1.54) is 238 Å². The van der Waals surface area contributed by atoms with Gasteiger partial charge in [-0.1, -0.05) is 276 Å². The number of unbranched alkanes of at least 4 members (excludes halogenated alkanes) is 39. The third-order valence-corrected chi connectivity index (χ3v) is 13.0. The summed E-state index contributed by atoms with van der Waals surface area (Å²) in [5.41, 5.74) is 0. The lowest BCUT2D eigenvalue weighted by Crippen LogP contribution is -2.30. The number of allylic oxidation sites excluding steroid dienone is 4. The Kier molecular flexibility index (Phi) is 54.3. The molecular formula is C59H112O5. The van der Waals surface area contributed by atoms with E-state index in [4.69, 9.17) is 14.2 Å². The molecule has 0 aromatic rings. The Bertz CT molecular complexity index is 974. The summed E-state index contributed by atoms with van der Waals surface area (Å²) in [5.74, 6) is -0.380. The molecule has 0 spiro atoms. The predicted octanol–water partition coefficient (Wildman–Crippen LogP) is 19.6. The van der Waals surface area contributed by atoms with Gasteiger partial charge in [0.1, 0.15) is 6.61 Å². The molecular weight excluding hydrogens is 789 g/mol. The molecule has 0 fully saturated rings. The molecule has 0 amide bonds. The van der Waals surface area contributed by atoms with E-state index < -0.39 is 6.10 Å². The maximum atomic E-state index is 12.8. The molecule has 0 aliphatic carbocycles. The summed E-state index contributed by atoms with van der Waals surface area (Å²) in [7, 11) is 0. The van der Waals surface area contributed by atoms with E-state index in [0.717, 1.165) is 44.9 Å². The number of carbonyl (C=O) groups is 2. The Morgan fingerprint density at radius 1 is 0.344 bits per heavy atom. The summed E-state index contributed by atoms with van der Waals surface area (Å²) < 4.78 is 17.5. The lowest BCUT2D eigenvalue weighted by Gasteiger charge is -2.18. The fraction of sp³-hybridized carbons (Fsp3) is 0.898. The average Bonchev–Trinajstić information content (AvgIpc) is 3.30. The normalized spacial score (nSPS) is 12.2. The van der Waals surface area contributed by atoms with Crippen molar-refractivity contribution in [3.63, 3.8) is 0 Å². The summed E-state index contributed by atoms with van der Waals surface area (Å²) in [6.07, 6.45) is 66.2. The summed E-state index contributed by atoms with van der Waals surface area (Å²) in [5, 5.41) is 0. The van der Waals surface area contributed by atoms with Crippen molar-refractivity contribution < 1.29 is 23.8 Å². The van der Waals surface area contributed by atoms with E-state index in [1.54, 1.807) is 0 Å². The second-order valence-electron chi connectivity index (χ2n) is 19.6. The van der Waals surface area contributed by atoms with Crippen LogP contribution in [0.5, 0.6) is 0 Å². The Morgan fingerprint density at radius 2 is 0.656 bits per heavy atom. The van der Waals surface area contributed by atoms with Crippen LogP contribution in [0.1, 0.15) is 316 Å². The highest BCUT2D eigenvalue weighted by Gasteiger charge is 2.17. The molecule has 378 valence electrons. The highest BCUT2D eigenvalue weighted by molar-refractivity contribution is 5.70. The minimum Gasteiger partial charge on any atom is -0.462 e. The van der Waals surface area contributed by atoms with Crippen molar-refractivity contribution in [2.24, 2.45) is 0 Å². The first kappa shape index (κ1) is 62.4. The van der Waals surface area contributed by atoms with Gasteiger partial charge in [0.15, 0.2) is 6.10 Å². The molecule has 0 bridgehead atoms. The Hall–Kier alpha value is -1.62. The standard InChI is InChI=1S/C59H112O5/c1-4-7-10-13-16-19-22-25-27-29-30-31-32-35-37-40-43-46-49-52-58(60)63-56-57(64-59(61)53-50-47-44-41-38-34-24-21-18-15-12-9-6-3)55-62-54-51-48-45-42-39-36-33-28-26-23-20-17-14-11-8-5-2/h17,20,26,28,57H,4-16,18-19,21-25,27,29-56H2,1-3H3/b20-17-,28-26-. The Labute approximate surface area is 400 Å². The van der Waals surface area contributed by atoms with E-state index in [-0.39, 0.29) is 25.2 Å². The topological polar surface area (TPSA) is 61.8 Å². The number of esters is 2. The largest absolute Gasteiger partial charge is 0.462 e. The zero-order chi connectivity index (χ0) is 46.3. The minimum atomic E-state index is -0.534. The molecule has 5 heteroatoms. The van der Waals surface area contributed by atoms with E-state index in [2.05, 4.69) is 45.1 Å². The van der Waals surface area contributed by atoms with Gasteiger partial charge in [-0.15, -0.1) is 0 Å². The fourth-order valence-electron chi connectivity index (χ4n) is 8.66. The molecule has 0 aliphatic heterocycles. The van der Waals surface area contributed by atoms with Crippen LogP contribution in [0.15, 0.2) is 24.3 Å². The van der Waals surface area contributed by atoms with Gasteiger partial charge < -0.3 is 14.2 Å². The SMILES string of the molecule is CCCCC/C=C\C/C=C\CCCCCCCCOCC(COC(=O)CCCCCCCCCCCCCCCCCCCCC)OC(=O)CCCCCCCCCCCCCCC. The van der Waals surface area contributed by atoms with Crippen molar-refractivity contribution in [2.45, 2.75) is 322 Å². The summed E-state index contributed by atoms with van der Waals surface area (Å²) in [6, 6.07) is 0. The fourth-order valence-corrected chi connectivity index (χ4v) is 8.66. The molecule has 1 atom stereocenters. The maximum absolute atomic E-state index is 12.8. The molecule has 0 saturated carbocycles. The molecule has 64 heavy (non-hydrogen) atoms. The quantitative estimate of drug-likeness (QED) is 0.0346. The van der Waals surface area contributed by atoms with Gasteiger partial charge in [0.25, 0.3) is 0 Å². The van der Waals surface area contributed by atoms with Crippen LogP contribution >= 0.6 is 0 Å². The minimum absolute atomic E-state index is 0.0893. The molecule has 0 rings (SSSR count). The first-order valence-electron chi connectivity index (χ1n) is 28.9. The molecule has 0 N–H and O–H groups in total. The first-order valence-corrected chi connectivity index (χ1v) is 28.9. The van der Waals surface area contributed by atoms with Gasteiger partial charge in [-0.3, -0.25) is 9.59 Å². The molecule has 0 aromatic heterocycles. The third-order valence-electron chi connectivity index (χ3n) is 13.0. The zero-order valence-electron chi connectivity index (χ0n) is 43.6. The van der Waals surface area contributed by atoms with E-state index in [1.807, 2.05) is 0 Å². The Morgan fingerprint density at radius 3 is 1.06 bits per heavy atom. The van der Waals surface area contributed by atoms with Crippen molar-refractivity contribution in [1.29, 1.82) is 0 Å². The van der Waals surface area contributed by atoms with Crippen molar-refractivity contribution in [3.8, 4) is 0 Å². The highest BCUT2D eigenvalue weighted by atomic mass is 16.6. The number of hydrogen-bond donors (Lipinski definition) is 0. The van der Waals surface area contributed by atoms with Crippen molar-refractivity contribution in [2.75, 3.05) is 19.8 Å². The van der Waals surface area contributed by atoms with Gasteiger partial charge in [-0.2, -0.15) is 0 Å². The van der Waals surface area contributed by atoms with E-state index >= 15 is 0 Å². The summed E-state index contributed by atoms with van der Waals surface area (Å²) in [6.45, 7) is 7.85. The van der Waals surface area contributed by atoms with Crippen LogP contribution in [0, 0.1) is 0 Å². The molecule has 5 nitrogen and oxygen atoms in total. The molecule has 1 unspecified atom stereocenters. The Balaban J connectivity index is 4.19. The van der Waals surface area contributed by atoms with Crippen LogP contribution < -0.4 is 0 Å². The number of rotatable bonds is 54. The molecule has 0 aromatic carbocycles. The summed E-state index contributed by atoms with van der Waals surface area (Å²) >= 11 is 0. The van der Waals surface area contributed by atoms with Crippen LogP contribution in [0.25, 0.3) is 0 Å². The van der Waals surface area contributed by atoms with Crippen molar-refractivity contribution >= 4 is 11.9 Å². The molecule has 0 radical (unpaired) electrons. The van der Waals surface area contributed by atoms with E-state index in [9.17, 15) is 9.59 Å². The monoisotopic (exact) mass is 901 g/mol. The van der Waals surface area contributed by atoms with E-state index in [0.29, 0.717) is 19.4 Å². The van der Waals surface area contributed by atoms with Gasteiger partial charge in [0, 0.05) is 19.4 Å². The second kappa shape index (κ2) is 55.7. The lowest BCUT2D eigenvalue weighted by atomic mass is 10.0. The smallest absolute Gasteiger partial charge is 0.306 e. The van der Waals surface area contributed by atoms with Crippen LogP contribution in [0.2, 0.25) is 0 Å². The summed E-state index contributed by atoms with van der Waals surface area (Å²) in [4.78, 5) is 25.5. The van der Waals surface area contributed by atoms with Crippen LogP contribution in [-0.4, -0.2) is 37.9 Å². The van der Waals surface area contributed by atoms with Gasteiger partial charge in [0.2, 0.25) is 0 Å². The van der Waals surface area contributed by atoms with Gasteiger partial charge in [0.05, 0.1) is 6.61 Å². The maximum Gasteiger partial charge on any atom is 0.306 e. The van der Waals surface area contributed by atoms with Crippen molar-refractivity contribution in [3.05, 3.63) is 24.3 Å². The number of carbonyl (C=O) groups excluding carboxylic acids is 2. The molecule has 0 heterocycles. The first-order chi connectivity index (χ1) is 31.6. The molecule has 0 saturated heterocycles. The average molecular weight is 902 g/mol. The zero-order valence-corrected chi connectivity index (χ0v) is 43.6. The van der Waals surface area contributed by atoms with Crippen molar-refractivity contribution in [1.82, 2.24) is 0 Å². The number of hydrogen-bond acceptors (Lipinski definition) is 5. The van der Waals surface area contributed by atoms with Gasteiger partial charge in [-0.25, -0.2) is 0 Å². The highest BCUT2D eigenvalue weighted by Crippen LogP contribution is 2.17. The predicted molar refractivity (Wildman–Crippen MR) is 279 cm³/mol.